The number of amides is 1. The van der Waals surface area contributed by atoms with E-state index < -0.39 is 9.84 Å². The van der Waals surface area contributed by atoms with Crippen molar-refractivity contribution in [1.29, 1.82) is 0 Å². The van der Waals surface area contributed by atoms with Gasteiger partial charge in [-0.05, 0) is 31.7 Å². The smallest absolute Gasteiger partial charge is 0.225 e. The lowest BCUT2D eigenvalue weighted by molar-refractivity contribution is -0.133. The molecule has 5 nitrogen and oxygen atoms in total. The molecule has 3 rings (SSSR count). The summed E-state index contributed by atoms with van der Waals surface area (Å²) in [5.41, 5.74) is 0.542. The van der Waals surface area contributed by atoms with Crippen molar-refractivity contribution in [1.82, 2.24) is 9.88 Å². The lowest BCUT2D eigenvalue weighted by Crippen LogP contribution is -2.40. The zero-order valence-electron chi connectivity index (χ0n) is 12.5. The van der Waals surface area contributed by atoms with Crippen molar-refractivity contribution in [2.75, 3.05) is 19.3 Å². The van der Waals surface area contributed by atoms with E-state index in [1.807, 2.05) is 4.90 Å². The van der Waals surface area contributed by atoms with Gasteiger partial charge in [-0.3, -0.25) is 9.78 Å². The van der Waals surface area contributed by atoms with Crippen LogP contribution in [0.4, 0.5) is 0 Å². The van der Waals surface area contributed by atoms with Crippen LogP contribution in [0.2, 0.25) is 5.02 Å². The van der Waals surface area contributed by atoms with E-state index in [9.17, 15) is 13.2 Å². The van der Waals surface area contributed by atoms with E-state index in [0.717, 1.165) is 32.2 Å². The molecule has 1 aromatic rings. The summed E-state index contributed by atoms with van der Waals surface area (Å²) in [4.78, 5) is 18.6. The molecule has 7 heteroatoms. The lowest BCUT2D eigenvalue weighted by atomic mass is 9.94. The SMILES string of the molecule is CS(=O)(=O)c1cc(Cl)cnc1C1CCCN(C(=O)C2CC2)C1. The van der Waals surface area contributed by atoms with Gasteiger partial charge >= 0.3 is 0 Å². The highest BCUT2D eigenvalue weighted by Crippen LogP contribution is 2.35. The number of hydrogen-bond acceptors (Lipinski definition) is 4. The molecule has 2 heterocycles. The van der Waals surface area contributed by atoms with Crippen LogP contribution in [0.5, 0.6) is 0 Å². The largest absolute Gasteiger partial charge is 0.342 e. The number of aromatic nitrogens is 1. The van der Waals surface area contributed by atoms with Crippen molar-refractivity contribution in [3.8, 4) is 0 Å². The topological polar surface area (TPSA) is 67.3 Å². The van der Waals surface area contributed by atoms with Crippen molar-refractivity contribution >= 4 is 27.3 Å². The standard InChI is InChI=1S/C15H19ClN2O3S/c1-22(20,21)13-7-12(16)8-17-14(13)11-3-2-6-18(9-11)15(19)10-4-5-10/h7-8,10-11H,2-6,9H2,1H3. The number of pyridine rings is 1. The molecule has 0 N–H and O–H groups in total. The number of halogens is 1. The normalized spacial score (nSPS) is 22.6. The van der Waals surface area contributed by atoms with E-state index >= 15 is 0 Å². The van der Waals surface area contributed by atoms with Gasteiger partial charge in [-0.25, -0.2) is 8.42 Å². The molecule has 2 aliphatic rings. The van der Waals surface area contributed by atoms with Crippen molar-refractivity contribution in [2.24, 2.45) is 5.92 Å². The van der Waals surface area contributed by atoms with Gasteiger partial charge in [-0.15, -0.1) is 0 Å². The molecule has 22 heavy (non-hydrogen) atoms. The number of carbonyl (C=O) groups excluding carboxylic acids is 1. The maximum atomic E-state index is 12.2. The molecular weight excluding hydrogens is 324 g/mol. The lowest BCUT2D eigenvalue weighted by Gasteiger charge is -2.33. The Morgan fingerprint density at radius 1 is 1.36 bits per heavy atom. The molecule has 0 aromatic carbocycles. The van der Waals surface area contributed by atoms with Gasteiger partial charge in [0.25, 0.3) is 0 Å². The summed E-state index contributed by atoms with van der Waals surface area (Å²) in [6, 6.07) is 1.46. The minimum Gasteiger partial charge on any atom is -0.342 e. The Morgan fingerprint density at radius 3 is 2.73 bits per heavy atom. The minimum absolute atomic E-state index is 0.0431. The third-order valence-electron chi connectivity index (χ3n) is 4.29. The second-order valence-electron chi connectivity index (χ2n) is 6.21. The summed E-state index contributed by atoms with van der Waals surface area (Å²) >= 11 is 5.90. The molecular formula is C15H19ClN2O3S. The average molecular weight is 343 g/mol. The van der Waals surface area contributed by atoms with E-state index in [4.69, 9.17) is 11.6 Å². The fourth-order valence-electron chi connectivity index (χ4n) is 3.02. The Balaban J connectivity index is 1.88. The zero-order valence-corrected chi connectivity index (χ0v) is 14.0. The van der Waals surface area contributed by atoms with E-state index in [0.29, 0.717) is 17.3 Å². The molecule has 1 amide bonds. The first kappa shape index (κ1) is 15.7. The zero-order chi connectivity index (χ0) is 15.9. The van der Waals surface area contributed by atoms with Gasteiger partial charge < -0.3 is 4.90 Å². The summed E-state index contributed by atoms with van der Waals surface area (Å²) in [5.74, 6) is 0.351. The first-order valence-electron chi connectivity index (χ1n) is 7.50. The molecule has 1 aromatic heterocycles. The Morgan fingerprint density at radius 2 is 2.09 bits per heavy atom. The highest BCUT2D eigenvalue weighted by molar-refractivity contribution is 7.90. The number of nitrogens with zero attached hydrogens (tertiary/aromatic N) is 2. The van der Waals surface area contributed by atoms with Crippen molar-refractivity contribution in [3.63, 3.8) is 0 Å². The van der Waals surface area contributed by atoms with Crippen LogP contribution < -0.4 is 0 Å². The molecule has 1 saturated carbocycles. The van der Waals surface area contributed by atoms with Crippen LogP contribution in [0.15, 0.2) is 17.2 Å². The number of piperidine rings is 1. The first-order valence-corrected chi connectivity index (χ1v) is 9.77. The third kappa shape index (κ3) is 3.27. The number of rotatable bonds is 3. The maximum absolute atomic E-state index is 12.2. The molecule has 1 aliphatic carbocycles. The predicted octanol–water partition coefficient (Wildman–Crippen LogP) is 2.25. The van der Waals surface area contributed by atoms with Gasteiger partial charge in [-0.1, -0.05) is 11.6 Å². The second-order valence-corrected chi connectivity index (χ2v) is 8.63. The summed E-state index contributed by atoms with van der Waals surface area (Å²) < 4.78 is 24.0. The van der Waals surface area contributed by atoms with Crippen molar-refractivity contribution in [2.45, 2.75) is 36.5 Å². The second kappa shape index (κ2) is 5.81. The summed E-state index contributed by atoms with van der Waals surface area (Å²) in [7, 11) is -3.40. The number of carbonyl (C=O) groups is 1. The van der Waals surface area contributed by atoms with Crippen LogP contribution in [0.1, 0.15) is 37.3 Å². The molecule has 1 unspecified atom stereocenters. The Bertz CT molecular complexity index is 701. The Kier molecular flexibility index (Phi) is 4.16. The minimum atomic E-state index is -3.40. The van der Waals surface area contributed by atoms with Gasteiger partial charge in [-0.2, -0.15) is 0 Å². The molecule has 1 atom stereocenters. The quantitative estimate of drug-likeness (QED) is 0.845. The van der Waals surface area contributed by atoms with Crippen LogP contribution in [0.3, 0.4) is 0 Å². The summed E-state index contributed by atoms with van der Waals surface area (Å²) in [5, 5.41) is 0.311. The molecule has 0 radical (unpaired) electrons. The van der Waals surface area contributed by atoms with Crippen LogP contribution in [0, 0.1) is 5.92 Å². The molecule has 0 spiro atoms. The highest BCUT2D eigenvalue weighted by Gasteiger charge is 2.36. The average Bonchev–Trinajstić information content (AvgIpc) is 3.30. The molecule has 1 saturated heterocycles. The number of hydrogen-bond donors (Lipinski definition) is 0. The van der Waals surface area contributed by atoms with Crippen LogP contribution in [-0.2, 0) is 14.6 Å². The van der Waals surface area contributed by atoms with E-state index in [1.165, 1.54) is 18.5 Å². The monoisotopic (exact) mass is 342 g/mol. The van der Waals surface area contributed by atoms with Crippen LogP contribution in [0.25, 0.3) is 0 Å². The maximum Gasteiger partial charge on any atom is 0.225 e. The Labute approximate surface area is 135 Å². The Hall–Kier alpha value is -1.14. The third-order valence-corrected chi connectivity index (χ3v) is 5.63. The fourth-order valence-corrected chi connectivity index (χ4v) is 4.19. The molecule has 2 fully saturated rings. The van der Waals surface area contributed by atoms with Gasteiger partial charge in [0, 0.05) is 37.4 Å². The van der Waals surface area contributed by atoms with Gasteiger partial charge in [0.2, 0.25) is 5.91 Å². The van der Waals surface area contributed by atoms with Crippen LogP contribution in [-0.4, -0.2) is 43.6 Å². The van der Waals surface area contributed by atoms with Gasteiger partial charge in [0.05, 0.1) is 15.6 Å². The van der Waals surface area contributed by atoms with E-state index in [2.05, 4.69) is 4.98 Å². The van der Waals surface area contributed by atoms with Crippen LogP contribution >= 0.6 is 11.6 Å². The van der Waals surface area contributed by atoms with E-state index in [-0.39, 0.29) is 22.6 Å². The highest BCUT2D eigenvalue weighted by atomic mass is 35.5. The summed E-state index contributed by atoms with van der Waals surface area (Å²) in [6.45, 7) is 1.31. The number of sulfone groups is 1. The molecule has 0 bridgehead atoms. The van der Waals surface area contributed by atoms with Gasteiger partial charge in [0.1, 0.15) is 0 Å². The number of likely N-dealkylation sites (tertiary alicyclic amines) is 1. The molecule has 1 aliphatic heterocycles. The fraction of sp³-hybridized carbons (Fsp3) is 0.600. The van der Waals surface area contributed by atoms with Gasteiger partial charge in [0.15, 0.2) is 9.84 Å². The first-order chi connectivity index (χ1) is 10.4. The molecule has 120 valence electrons. The van der Waals surface area contributed by atoms with E-state index in [1.54, 1.807) is 0 Å². The predicted molar refractivity (Wildman–Crippen MR) is 83.6 cm³/mol. The van der Waals surface area contributed by atoms with Crippen molar-refractivity contribution < 1.29 is 13.2 Å². The van der Waals surface area contributed by atoms with Crippen molar-refractivity contribution in [3.05, 3.63) is 23.0 Å². The summed E-state index contributed by atoms with van der Waals surface area (Å²) in [6.07, 6.45) is 6.32.